The number of benzene rings is 1. The number of ether oxygens (including phenoxy) is 1. The molecule has 6 nitrogen and oxygen atoms in total. The van der Waals surface area contributed by atoms with Crippen LogP contribution in [0.3, 0.4) is 0 Å². The number of rotatable bonds is 3. The van der Waals surface area contributed by atoms with E-state index < -0.39 is 6.10 Å². The van der Waals surface area contributed by atoms with Crippen LogP contribution in [0.2, 0.25) is 0 Å². The molecule has 2 atom stereocenters. The second kappa shape index (κ2) is 5.81. The Labute approximate surface area is 128 Å². The van der Waals surface area contributed by atoms with Crippen LogP contribution in [0.15, 0.2) is 34.9 Å². The minimum absolute atomic E-state index is 0.199. The van der Waals surface area contributed by atoms with E-state index in [2.05, 4.69) is 5.16 Å². The third-order valence-corrected chi connectivity index (χ3v) is 3.87. The molecule has 1 saturated heterocycles. The van der Waals surface area contributed by atoms with Gasteiger partial charge in [0.2, 0.25) is 0 Å². The van der Waals surface area contributed by atoms with E-state index in [1.165, 1.54) is 0 Å². The van der Waals surface area contributed by atoms with E-state index in [0.717, 1.165) is 11.3 Å². The number of aromatic nitrogens is 1. The van der Waals surface area contributed by atoms with E-state index in [9.17, 15) is 9.90 Å². The van der Waals surface area contributed by atoms with Crippen LogP contribution in [-0.2, 0) is 0 Å². The minimum Gasteiger partial charge on any atom is -0.497 e. The van der Waals surface area contributed by atoms with Gasteiger partial charge in [0.15, 0.2) is 5.69 Å². The van der Waals surface area contributed by atoms with E-state index in [1.807, 2.05) is 24.3 Å². The van der Waals surface area contributed by atoms with Gasteiger partial charge in [0.05, 0.1) is 19.3 Å². The molecular formula is C16H18N2O4. The number of nitrogens with zero attached hydrogens (tertiary/aromatic N) is 2. The molecule has 0 spiro atoms. The average Bonchev–Trinajstić information content (AvgIpc) is 3.12. The number of carbonyl (C=O) groups is 1. The predicted molar refractivity (Wildman–Crippen MR) is 78.6 cm³/mol. The first kappa shape index (κ1) is 14.6. The lowest BCUT2D eigenvalue weighted by Crippen LogP contribution is -2.32. The molecule has 2 unspecified atom stereocenters. The number of hydrogen-bond donors (Lipinski definition) is 1. The highest BCUT2D eigenvalue weighted by Crippen LogP contribution is 2.34. The lowest BCUT2D eigenvalue weighted by Gasteiger charge is -2.24. The third kappa shape index (κ3) is 2.69. The summed E-state index contributed by atoms with van der Waals surface area (Å²) in [6.45, 7) is 2.02. The van der Waals surface area contributed by atoms with Gasteiger partial charge in [-0.15, -0.1) is 0 Å². The highest BCUT2D eigenvalue weighted by Gasteiger charge is 2.36. The van der Waals surface area contributed by atoms with Crippen molar-refractivity contribution in [2.24, 2.45) is 0 Å². The highest BCUT2D eigenvalue weighted by molar-refractivity contribution is 5.92. The minimum atomic E-state index is -0.548. The fourth-order valence-electron chi connectivity index (χ4n) is 2.82. The Bertz CT molecular complexity index is 682. The summed E-state index contributed by atoms with van der Waals surface area (Å²) in [6.07, 6.45) is -0.0522. The van der Waals surface area contributed by atoms with Gasteiger partial charge < -0.3 is 19.3 Å². The Balaban J connectivity index is 1.90. The zero-order valence-corrected chi connectivity index (χ0v) is 12.5. The molecule has 6 heteroatoms. The molecular weight excluding hydrogens is 284 g/mol. The topological polar surface area (TPSA) is 75.8 Å². The molecule has 1 aromatic heterocycles. The van der Waals surface area contributed by atoms with Crippen molar-refractivity contribution in [2.75, 3.05) is 13.7 Å². The quantitative estimate of drug-likeness (QED) is 0.937. The Kier molecular flexibility index (Phi) is 3.85. The molecule has 3 rings (SSSR count). The van der Waals surface area contributed by atoms with Crippen LogP contribution in [0.1, 0.15) is 34.3 Å². The molecule has 0 bridgehead atoms. The number of aliphatic hydroxyl groups is 1. The fraction of sp³-hybridized carbons (Fsp3) is 0.375. The Morgan fingerprint density at radius 1 is 1.45 bits per heavy atom. The predicted octanol–water partition coefficient (Wildman–Crippen LogP) is 1.94. The van der Waals surface area contributed by atoms with E-state index in [-0.39, 0.29) is 24.2 Å². The fourth-order valence-corrected chi connectivity index (χ4v) is 2.82. The lowest BCUT2D eigenvalue weighted by molar-refractivity contribution is 0.0705. The third-order valence-electron chi connectivity index (χ3n) is 3.87. The molecule has 2 aromatic rings. The monoisotopic (exact) mass is 302 g/mol. The number of amides is 1. The summed E-state index contributed by atoms with van der Waals surface area (Å²) in [7, 11) is 1.60. The van der Waals surface area contributed by atoms with E-state index in [1.54, 1.807) is 25.0 Å². The van der Waals surface area contributed by atoms with Gasteiger partial charge >= 0.3 is 0 Å². The van der Waals surface area contributed by atoms with Gasteiger partial charge in [-0.3, -0.25) is 4.79 Å². The van der Waals surface area contributed by atoms with Crippen LogP contribution < -0.4 is 4.74 Å². The van der Waals surface area contributed by atoms with E-state index >= 15 is 0 Å². The van der Waals surface area contributed by atoms with Gasteiger partial charge in [-0.25, -0.2) is 0 Å². The summed E-state index contributed by atoms with van der Waals surface area (Å²) in [5.74, 6) is 1.07. The summed E-state index contributed by atoms with van der Waals surface area (Å²) < 4.78 is 10.2. The molecule has 2 heterocycles. The summed E-state index contributed by atoms with van der Waals surface area (Å²) >= 11 is 0. The number of hydrogen-bond acceptors (Lipinski definition) is 5. The van der Waals surface area contributed by atoms with Crippen LogP contribution in [0.5, 0.6) is 5.75 Å². The molecule has 1 fully saturated rings. The number of aryl methyl sites for hydroxylation is 1. The molecule has 0 saturated carbocycles. The molecule has 1 aromatic carbocycles. The second-order valence-electron chi connectivity index (χ2n) is 5.46. The first-order valence-electron chi connectivity index (χ1n) is 7.15. The number of carbonyl (C=O) groups excluding carboxylic acids is 1. The van der Waals surface area contributed by atoms with Crippen LogP contribution in [0.25, 0.3) is 0 Å². The highest BCUT2D eigenvalue weighted by atomic mass is 16.5. The van der Waals surface area contributed by atoms with Crippen LogP contribution in [0.4, 0.5) is 0 Å². The van der Waals surface area contributed by atoms with Crippen molar-refractivity contribution in [2.45, 2.75) is 25.5 Å². The molecule has 0 aliphatic carbocycles. The Morgan fingerprint density at radius 2 is 2.27 bits per heavy atom. The van der Waals surface area contributed by atoms with Crippen molar-refractivity contribution >= 4 is 5.91 Å². The van der Waals surface area contributed by atoms with Crippen molar-refractivity contribution in [3.05, 3.63) is 47.3 Å². The van der Waals surface area contributed by atoms with E-state index in [0.29, 0.717) is 12.2 Å². The first-order chi connectivity index (χ1) is 10.6. The van der Waals surface area contributed by atoms with Crippen LogP contribution in [0, 0.1) is 6.92 Å². The van der Waals surface area contributed by atoms with Gasteiger partial charge in [0, 0.05) is 12.6 Å². The Hall–Kier alpha value is -2.34. The zero-order valence-electron chi connectivity index (χ0n) is 12.5. The number of methoxy groups -OCH3 is 1. The normalized spacial score (nSPS) is 21.1. The molecule has 1 aliphatic heterocycles. The van der Waals surface area contributed by atoms with Crippen LogP contribution >= 0.6 is 0 Å². The van der Waals surface area contributed by atoms with Crippen molar-refractivity contribution in [3.8, 4) is 5.75 Å². The van der Waals surface area contributed by atoms with Gasteiger partial charge in [-0.05, 0) is 31.0 Å². The van der Waals surface area contributed by atoms with Gasteiger partial charge in [-0.1, -0.05) is 17.3 Å². The first-order valence-corrected chi connectivity index (χ1v) is 7.15. The maximum atomic E-state index is 12.6. The summed E-state index contributed by atoms with van der Waals surface area (Å²) in [4.78, 5) is 14.2. The SMILES string of the molecule is COc1cccc(C2CC(O)CN2C(=O)c2cc(C)on2)c1. The van der Waals surface area contributed by atoms with Crippen molar-refractivity contribution in [1.29, 1.82) is 0 Å². The maximum Gasteiger partial charge on any atom is 0.276 e. The van der Waals surface area contributed by atoms with Crippen LogP contribution in [-0.4, -0.2) is 40.8 Å². The second-order valence-corrected chi connectivity index (χ2v) is 5.46. The number of likely N-dealkylation sites (tertiary alicyclic amines) is 1. The molecule has 0 radical (unpaired) electrons. The molecule has 22 heavy (non-hydrogen) atoms. The summed E-state index contributed by atoms with van der Waals surface area (Å²) in [6, 6.07) is 8.95. The standard InChI is InChI=1S/C16H18N2O4/c1-10-6-14(17-22-10)16(20)18-9-12(19)8-15(18)11-4-3-5-13(7-11)21-2/h3-7,12,15,19H,8-9H2,1-2H3. The largest absolute Gasteiger partial charge is 0.497 e. The molecule has 1 N–H and O–H groups in total. The molecule has 1 aliphatic rings. The summed E-state index contributed by atoms with van der Waals surface area (Å²) in [5, 5.41) is 13.8. The molecule has 1 amide bonds. The van der Waals surface area contributed by atoms with E-state index in [4.69, 9.17) is 9.26 Å². The van der Waals surface area contributed by atoms with Crippen molar-refractivity contribution in [1.82, 2.24) is 10.1 Å². The number of aliphatic hydroxyl groups excluding tert-OH is 1. The summed E-state index contributed by atoms with van der Waals surface area (Å²) in [5.41, 5.74) is 1.20. The smallest absolute Gasteiger partial charge is 0.276 e. The van der Waals surface area contributed by atoms with Gasteiger partial charge in [-0.2, -0.15) is 0 Å². The van der Waals surface area contributed by atoms with Gasteiger partial charge in [0.25, 0.3) is 5.91 Å². The number of β-amino-alcohol motifs (C(OH)–C–C–N with tert-alkyl or cyclic N) is 1. The zero-order chi connectivity index (χ0) is 15.7. The van der Waals surface area contributed by atoms with Crippen molar-refractivity contribution in [3.63, 3.8) is 0 Å². The molecule has 116 valence electrons. The Morgan fingerprint density at radius 3 is 2.95 bits per heavy atom. The average molecular weight is 302 g/mol. The lowest BCUT2D eigenvalue weighted by atomic mass is 10.0. The van der Waals surface area contributed by atoms with Gasteiger partial charge in [0.1, 0.15) is 11.5 Å². The maximum absolute atomic E-state index is 12.6. The van der Waals surface area contributed by atoms with Crippen molar-refractivity contribution < 1.29 is 19.2 Å².